The van der Waals surface area contributed by atoms with E-state index in [4.69, 9.17) is 0 Å². The van der Waals surface area contributed by atoms with E-state index in [1.165, 1.54) is 6.07 Å². The first kappa shape index (κ1) is 16.9. The lowest BCUT2D eigenvalue weighted by Gasteiger charge is -2.25. The number of hydrogen-bond acceptors (Lipinski definition) is 5. The summed E-state index contributed by atoms with van der Waals surface area (Å²) in [7, 11) is 0. The van der Waals surface area contributed by atoms with Crippen LogP contribution in [0.15, 0.2) is 42.7 Å². The van der Waals surface area contributed by atoms with Gasteiger partial charge in [-0.3, -0.25) is 4.79 Å². The molecule has 6 nitrogen and oxygen atoms in total. The Morgan fingerprint density at radius 2 is 1.92 bits per heavy atom. The number of nitrogens with one attached hydrogen (secondary N) is 1. The molecule has 2 N–H and O–H groups in total. The highest BCUT2D eigenvalue weighted by molar-refractivity contribution is 5.91. The van der Waals surface area contributed by atoms with Gasteiger partial charge in [-0.2, -0.15) is 0 Å². The van der Waals surface area contributed by atoms with Crippen LogP contribution in [0.25, 0.3) is 0 Å². The van der Waals surface area contributed by atoms with Crippen LogP contribution in [0, 0.1) is 5.82 Å². The Morgan fingerprint density at radius 3 is 2.62 bits per heavy atom. The average Bonchev–Trinajstić information content (AvgIpc) is 3.37. The zero-order valence-electron chi connectivity index (χ0n) is 14.4. The van der Waals surface area contributed by atoms with Gasteiger partial charge < -0.3 is 15.3 Å². The highest BCUT2D eigenvalue weighted by Crippen LogP contribution is 2.49. The Kier molecular flexibility index (Phi) is 4.11. The number of nitrogens with zero attached hydrogens (tertiary/aromatic N) is 3. The summed E-state index contributed by atoms with van der Waals surface area (Å²) in [6.07, 6.45) is 5.09. The van der Waals surface area contributed by atoms with Gasteiger partial charge in [0.25, 0.3) is 0 Å². The van der Waals surface area contributed by atoms with E-state index in [1.807, 2.05) is 4.90 Å². The van der Waals surface area contributed by atoms with Crippen molar-refractivity contribution in [2.24, 2.45) is 0 Å². The van der Waals surface area contributed by atoms with E-state index in [-0.39, 0.29) is 18.3 Å². The molecule has 1 aliphatic carbocycles. The summed E-state index contributed by atoms with van der Waals surface area (Å²) in [5, 5.41) is 13.6. The van der Waals surface area contributed by atoms with Crippen LogP contribution >= 0.6 is 0 Å². The molecule has 0 unspecified atom stereocenters. The summed E-state index contributed by atoms with van der Waals surface area (Å²) >= 11 is 0. The highest BCUT2D eigenvalue weighted by atomic mass is 19.1. The van der Waals surface area contributed by atoms with Crippen LogP contribution in [0.3, 0.4) is 0 Å². The lowest BCUT2D eigenvalue weighted by Crippen LogP contribution is -2.47. The van der Waals surface area contributed by atoms with Crippen LogP contribution < -0.4 is 10.2 Å². The number of anilines is 1. The number of carbonyl (C=O) groups is 1. The molecule has 1 saturated heterocycles. The Hall–Kier alpha value is -2.54. The molecule has 2 heterocycles. The first-order valence-electron chi connectivity index (χ1n) is 8.80. The molecule has 0 radical (unpaired) electrons. The van der Waals surface area contributed by atoms with E-state index in [9.17, 15) is 14.3 Å². The molecule has 1 saturated carbocycles. The van der Waals surface area contributed by atoms with Gasteiger partial charge in [-0.15, -0.1) is 0 Å². The topological polar surface area (TPSA) is 78.4 Å². The summed E-state index contributed by atoms with van der Waals surface area (Å²) in [4.78, 5) is 23.0. The molecule has 2 fully saturated rings. The second-order valence-electron chi connectivity index (χ2n) is 7.19. The molecule has 136 valence electrons. The van der Waals surface area contributed by atoms with E-state index in [2.05, 4.69) is 15.3 Å². The minimum atomic E-state index is -1.04. The quantitative estimate of drug-likeness (QED) is 0.847. The van der Waals surface area contributed by atoms with Crippen molar-refractivity contribution in [3.05, 3.63) is 54.1 Å². The SMILES string of the molecule is O=C(NC[C@]1(O)CCN(c2ncccn2)C1)C1(c2ccccc2F)CC1. The summed E-state index contributed by atoms with van der Waals surface area (Å²) in [6.45, 7) is 1.10. The second-order valence-corrected chi connectivity index (χ2v) is 7.19. The summed E-state index contributed by atoms with van der Waals surface area (Å²) in [5.41, 5.74) is -1.39. The van der Waals surface area contributed by atoms with Crippen LogP contribution in [0.5, 0.6) is 0 Å². The molecule has 4 rings (SSSR count). The number of aliphatic hydroxyl groups is 1. The number of carbonyl (C=O) groups excluding carboxylic acids is 1. The molecule has 0 spiro atoms. The number of amides is 1. The molecule has 1 aromatic carbocycles. The third kappa shape index (κ3) is 3.03. The van der Waals surface area contributed by atoms with Crippen LogP contribution in [-0.2, 0) is 10.2 Å². The van der Waals surface area contributed by atoms with Crippen molar-refractivity contribution >= 4 is 11.9 Å². The molecule has 1 aromatic heterocycles. The lowest BCUT2D eigenvalue weighted by atomic mass is 9.93. The molecule has 0 bridgehead atoms. The Labute approximate surface area is 151 Å². The highest BCUT2D eigenvalue weighted by Gasteiger charge is 2.53. The van der Waals surface area contributed by atoms with Crippen LogP contribution in [0.1, 0.15) is 24.8 Å². The zero-order chi connectivity index (χ0) is 18.2. The molecular weight excluding hydrogens is 335 g/mol. The number of aromatic nitrogens is 2. The van der Waals surface area contributed by atoms with Gasteiger partial charge in [0.05, 0.1) is 12.0 Å². The predicted molar refractivity (Wildman–Crippen MR) is 94.1 cm³/mol. The first-order chi connectivity index (χ1) is 12.5. The van der Waals surface area contributed by atoms with Crippen molar-refractivity contribution < 1.29 is 14.3 Å². The van der Waals surface area contributed by atoms with Gasteiger partial charge in [-0.05, 0) is 31.4 Å². The fourth-order valence-electron chi connectivity index (χ4n) is 3.63. The standard InChI is InChI=1S/C19H21FN4O2/c20-15-5-2-1-4-14(15)19(6-7-19)16(25)23-12-18(26)8-11-24(13-18)17-21-9-3-10-22-17/h1-5,9-10,26H,6-8,11-13H2,(H,23,25)/t18-/m1/s1. The van der Waals surface area contributed by atoms with Gasteiger partial charge in [0.1, 0.15) is 11.4 Å². The summed E-state index contributed by atoms with van der Waals surface area (Å²) in [5.74, 6) is -0.00247. The van der Waals surface area contributed by atoms with E-state index in [0.717, 1.165) is 0 Å². The number of hydrogen-bond donors (Lipinski definition) is 2. The van der Waals surface area contributed by atoms with Crippen LogP contribution in [0.2, 0.25) is 0 Å². The van der Waals surface area contributed by atoms with Gasteiger partial charge in [0.15, 0.2) is 0 Å². The minimum absolute atomic E-state index is 0.130. The largest absolute Gasteiger partial charge is 0.386 e. The van der Waals surface area contributed by atoms with Gasteiger partial charge in [-0.25, -0.2) is 14.4 Å². The minimum Gasteiger partial charge on any atom is -0.386 e. The maximum Gasteiger partial charge on any atom is 0.230 e. The number of benzene rings is 1. The van der Waals surface area contributed by atoms with Crippen molar-refractivity contribution in [1.29, 1.82) is 0 Å². The molecule has 2 aromatic rings. The van der Waals surface area contributed by atoms with E-state index in [1.54, 1.807) is 36.7 Å². The normalized spacial score (nSPS) is 23.7. The molecule has 2 aliphatic rings. The second kappa shape index (κ2) is 6.32. The predicted octanol–water partition coefficient (Wildman–Crippen LogP) is 1.40. The fraction of sp³-hybridized carbons (Fsp3) is 0.421. The van der Waals surface area contributed by atoms with Gasteiger partial charge in [-0.1, -0.05) is 18.2 Å². The number of halogens is 1. The van der Waals surface area contributed by atoms with Crippen LogP contribution in [-0.4, -0.2) is 46.2 Å². The first-order valence-corrected chi connectivity index (χ1v) is 8.80. The van der Waals surface area contributed by atoms with Crippen molar-refractivity contribution in [1.82, 2.24) is 15.3 Å². The van der Waals surface area contributed by atoms with Crippen molar-refractivity contribution in [3.63, 3.8) is 0 Å². The molecule has 1 atom stereocenters. The van der Waals surface area contributed by atoms with Crippen LogP contribution in [0.4, 0.5) is 10.3 Å². The Morgan fingerprint density at radius 1 is 1.19 bits per heavy atom. The van der Waals surface area contributed by atoms with Gasteiger partial charge in [0, 0.05) is 31.0 Å². The third-order valence-corrected chi connectivity index (χ3v) is 5.32. The third-order valence-electron chi connectivity index (χ3n) is 5.32. The van der Waals surface area contributed by atoms with Crippen molar-refractivity contribution in [2.75, 3.05) is 24.5 Å². The molecule has 7 heteroatoms. The average molecular weight is 356 g/mol. The molecule has 1 amide bonds. The zero-order valence-corrected chi connectivity index (χ0v) is 14.4. The van der Waals surface area contributed by atoms with Gasteiger partial charge in [0.2, 0.25) is 11.9 Å². The fourth-order valence-corrected chi connectivity index (χ4v) is 3.63. The Bertz CT molecular complexity index is 812. The maximum atomic E-state index is 14.1. The molecule has 1 aliphatic heterocycles. The lowest BCUT2D eigenvalue weighted by molar-refractivity contribution is -0.124. The summed E-state index contributed by atoms with van der Waals surface area (Å²) < 4.78 is 14.1. The molecular formula is C19H21FN4O2. The van der Waals surface area contributed by atoms with E-state index < -0.39 is 11.0 Å². The Balaban J connectivity index is 1.40. The van der Waals surface area contributed by atoms with Gasteiger partial charge >= 0.3 is 0 Å². The van der Waals surface area contributed by atoms with E-state index in [0.29, 0.717) is 43.9 Å². The monoisotopic (exact) mass is 356 g/mol. The van der Waals surface area contributed by atoms with Crippen molar-refractivity contribution in [3.8, 4) is 0 Å². The molecule has 26 heavy (non-hydrogen) atoms. The maximum absolute atomic E-state index is 14.1. The number of β-amino-alcohol motifs (C(OH)–C–C–N with tert-alkyl or cyclic N) is 1. The van der Waals surface area contributed by atoms with Crippen molar-refractivity contribution in [2.45, 2.75) is 30.3 Å². The smallest absolute Gasteiger partial charge is 0.230 e. The summed E-state index contributed by atoms with van der Waals surface area (Å²) in [6, 6.07) is 8.15. The number of rotatable bonds is 5. The van der Waals surface area contributed by atoms with E-state index >= 15 is 0 Å².